The second kappa shape index (κ2) is 7.99. The van der Waals surface area contributed by atoms with Crippen molar-refractivity contribution < 1.29 is 14.7 Å². The van der Waals surface area contributed by atoms with Gasteiger partial charge in [-0.05, 0) is 51.0 Å². The number of carbonyl (C=O) groups is 2. The summed E-state index contributed by atoms with van der Waals surface area (Å²) in [6.07, 6.45) is 3.82. The number of nitrogens with one attached hydrogen (secondary N) is 1. The predicted octanol–water partition coefficient (Wildman–Crippen LogP) is 4.30. The molecule has 0 bridgehead atoms. The van der Waals surface area contributed by atoms with Gasteiger partial charge in [-0.2, -0.15) is 0 Å². The van der Waals surface area contributed by atoms with Gasteiger partial charge in [0, 0.05) is 5.92 Å². The lowest BCUT2D eigenvalue weighted by atomic mass is 9.78. The largest absolute Gasteiger partial charge is 0.477 e. The maximum atomic E-state index is 12.6. The Labute approximate surface area is 157 Å². The summed E-state index contributed by atoms with van der Waals surface area (Å²) in [5.41, 5.74) is 1.86. The highest BCUT2D eigenvalue weighted by Gasteiger charge is 2.28. The summed E-state index contributed by atoms with van der Waals surface area (Å²) in [4.78, 5) is 28.3. The van der Waals surface area contributed by atoms with Crippen molar-refractivity contribution in [3.05, 3.63) is 51.5 Å². The van der Waals surface area contributed by atoms with E-state index >= 15 is 0 Å². The average Bonchev–Trinajstić information content (AvgIpc) is 3.05. The zero-order valence-corrected chi connectivity index (χ0v) is 15.9. The van der Waals surface area contributed by atoms with Crippen molar-refractivity contribution in [3.8, 4) is 0 Å². The number of nitrogens with zero attached hydrogens (tertiary/aromatic N) is 1. The second-order valence-corrected chi connectivity index (χ2v) is 7.99. The van der Waals surface area contributed by atoms with Gasteiger partial charge in [0.25, 0.3) is 0 Å². The van der Waals surface area contributed by atoms with E-state index in [0.717, 1.165) is 37.0 Å². The molecule has 0 spiro atoms. The Bertz CT molecular complexity index is 780. The third-order valence-electron chi connectivity index (χ3n) is 5.11. The highest BCUT2D eigenvalue weighted by Crippen LogP contribution is 2.36. The van der Waals surface area contributed by atoms with Crippen molar-refractivity contribution in [2.45, 2.75) is 51.5 Å². The van der Waals surface area contributed by atoms with Gasteiger partial charge in [-0.25, -0.2) is 9.78 Å². The van der Waals surface area contributed by atoms with E-state index in [-0.39, 0.29) is 22.7 Å². The van der Waals surface area contributed by atoms with Crippen LogP contribution in [-0.2, 0) is 4.79 Å². The van der Waals surface area contributed by atoms with Gasteiger partial charge in [-0.15, -0.1) is 11.3 Å². The number of carbonyl (C=O) groups excluding carboxylic acids is 1. The Kier molecular flexibility index (Phi) is 5.71. The normalized spacial score (nSPS) is 21.2. The van der Waals surface area contributed by atoms with E-state index in [4.69, 9.17) is 5.11 Å². The third-order valence-corrected chi connectivity index (χ3v) is 6.43. The van der Waals surface area contributed by atoms with Crippen LogP contribution >= 0.6 is 11.3 Å². The molecule has 138 valence electrons. The summed E-state index contributed by atoms with van der Waals surface area (Å²) in [7, 11) is 0. The zero-order valence-electron chi connectivity index (χ0n) is 15.1. The summed E-state index contributed by atoms with van der Waals surface area (Å²) in [5.74, 6) is -0.354. The number of hydrogen-bond donors (Lipinski definition) is 2. The molecule has 6 heteroatoms. The Morgan fingerprint density at radius 3 is 2.42 bits per heavy atom. The first-order chi connectivity index (χ1) is 12.5. The van der Waals surface area contributed by atoms with Gasteiger partial charge in [-0.3, -0.25) is 4.79 Å². The van der Waals surface area contributed by atoms with E-state index in [0.29, 0.717) is 16.6 Å². The van der Waals surface area contributed by atoms with E-state index < -0.39 is 5.97 Å². The number of carboxylic acid groups (broad SMARTS) is 1. The number of amides is 1. The monoisotopic (exact) mass is 372 g/mol. The van der Waals surface area contributed by atoms with Gasteiger partial charge in [0.1, 0.15) is 9.88 Å². The minimum absolute atomic E-state index is 0.0254. The molecule has 1 aliphatic carbocycles. The van der Waals surface area contributed by atoms with Gasteiger partial charge in [0.15, 0.2) is 0 Å². The van der Waals surface area contributed by atoms with Crippen molar-refractivity contribution >= 4 is 23.2 Å². The fourth-order valence-electron chi connectivity index (χ4n) is 3.61. The fraction of sp³-hybridized carbons (Fsp3) is 0.450. The Morgan fingerprint density at radius 1 is 1.19 bits per heavy atom. The smallest absolute Gasteiger partial charge is 0.347 e. The molecule has 1 saturated carbocycles. The van der Waals surface area contributed by atoms with Crippen molar-refractivity contribution in [2.75, 3.05) is 0 Å². The van der Waals surface area contributed by atoms with Crippen LogP contribution in [-0.4, -0.2) is 22.0 Å². The molecular formula is C20H24N2O3S. The van der Waals surface area contributed by atoms with E-state index in [1.54, 1.807) is 6.92 Å². The zero-order chi connectivity index (χ0) is 18.7. The number of aryl methyl sites for hydroxylation is 1. The van der Waals surface area contributed by atoms with Crippen molar-refractivity contribution in [1.82, 2.24) is 10.3 Å². The van der Waals surface area contributed by atoms with E-state index in [1.807, 2.05) is 13.0 Å². The molecule has 26 heavy (non-hydrogen) atoms. The molecule has 1 aromatic heterocycles. The number of aromatic nitrogens is 1. The number of hydrogen-bond acceptors (Lipinski definition) is 4. The van der Waals surface area contributed by atoms with Crippen LogP contribution < -0.4 is 5.32 Å². The van der Waals surface area contributed by atoms with Gasteiger partial charge in [0.2, 0.25) is 5.91 Å². The van der Waals surface area contributed by atoms with Crippen LogP contribution in [0.1, 0.15) is 70.5 Å². The average molecular weight is 372 g/mol. The van der Waals surface area contributed by atoms with Crippen LogP contribution in [0.15, 0.2) is 30.3 Å². The molecule has 5 nitrogen and oxygen atoms in total. The third kappa shape index (κ3) is 4.12. The maximum Gasteiger partial charge on any atom is 0.347 e. The van der Waals surface area contributed by atoms with E-state index in [9.17, 15) is 9.59 Å². The van der Waals surface area contributed by atoms with Gasteiger partial charge >= 0.3 is 5.97 Å². The molecule has 1 heterocycles. The highest BCUT2D eigenvalue weighted by molar-refractivity contribution is 7.13. The molecule has 2 N–H and O–H groups in total. The van der Waals surface area contributed by atoms with E-state index in [2.05, 4.69) is 34.6 Å². The van der Waals surface area contributed by atoms with Crippen molar-refractivity contribution in [2.24, 2.45) is 5.92 Å². The Morgan fingerprint density at radius 2 is 1.85 bits per heavy atom. The molecular weight excluding hydrogens is 348 g/mol. The molecule has 1 unspecified atom stereocenters. The van der Waals surface area contributed by atoms with Gasteiger partial charge in [0.05, 0.1) is 11.7 Å². The van der Waals surface area contributed by atoms with Gasteiger partial charge < -0.3 is 10.4 Å². The minimum Gasteiger partial charge on any atom is -0.477 e. The molecule has 0 saturated heterocycles. The minimum atomic E-state index is -0.969. The molecule has 0 radical (unpaired) electrons. The van der Waals surface area contributed by atoms with Crippen LogP contribution in [0.3, 0.4) is 0 Å². The standard InChI is InChI=1S/C20H24N2O3S/c1-12-17(20(24)25)26-19(22-12)13(2)21-18(23)16-10-8-15(9-11-16)14-6-4-3-5-7-14/h3-7,13,15-16H,8-11H2,1-2H3,(H,21,23)(H,24,25). The topological polar surface area (TPSA) is 79.3 Å². The summed E-state index contributed by atoms with van der Waals surface area (Å²) in [6, 6.07) is 10.2. The van der Waals surface area contributed by atoms with E-state index in [1.165, 1.54) is 5.56 Å². The molecule has 1 aromatic carbocycles. The predicted molar refractivity (Wildman–Crippen MR) is 102 cm³/mol. The van der Waals surface area contributed by atoms with Crippen LogP contribution in [0.5, 0.6) is 0 Å². The van der Waals surface area contributed by atoms with Crippen LogP contribution in [0, 0.1) is 12.8 Å². The number of thiazole rings is 1. The summed E-state index contributed by atoms with van der Waals surface area (Å²) < 4.78 is 0. The second-order valence-electron chi connectivity index (χ2n) is 6.96. The van der Waals surface area contributed by atoms with Crippen LogP contribution in [0.4, 0.5) is 0 Å². The van der Waals surface area contributed by atoms with Crippen LogP contribution in [0.25, 0.3) is 0 Å². The number of benzene rings is 1. The van der Waals surface area contributed by atoms with Crippen LogP contribution in [0.2, 0.25) is 0 Å². The maximum absolute atomic E-state index is 12.6. The number of rotatable bonds is 5. The number of aromatic carboxylic acids is 1. The molecule has 1 atom stereocenters. The summed E-state index contributed by atoms with van der Waals surface area (Å²) in [5, 5.41) is 12.8. The SMILES string of the molecule is Cc1nc(C(C)NC(=O)C2CCC(c3ccccc3)CC2)sc1C(=O)O. The Balaban J connectivity index is 1.55. The lowest BCUT2D eigenvalue weighted by molar-refractivity contribution is -0.126. The molecule has 1 fully saturated rings. The van der Waals surface area contributed by atoms with Gasteiger partial charge in [-0.1, -0.05) is 30.3 Å². The lowest BCUT2D eigenvalue weighted by Crippen LogP contribution is -2.34. The Hall–Kier alpha value is -2.21. The molecule has 0 aliphatic heterocycles. The molecule has 1 amide bonds. The van der Waals surface area contributed by atoms with Crippen molar-refractivity contribution in [3.63, 3.8) is 0 Å². The first-order valence-corrected chi connectivity index (χ1v) is 9.83. The first-order valence-electron chi connectivity index (χ1n) is 9.01. The van der Waals surface area contributed by atoms with Crippen molar-refractivity contribution in [1.29, 1.82) is 0 Å². The molecule has 2 aromatic rings. The summed E-state index contributed by atoms with van der Waals surface area (Å²) in [6.45, 7) is 3.54. The quantitative estimate of drug-likeness (QED) is 0.820. The molecule has 3 rings (SSSR count). The lowest BCUT2D eigenvalue weighted by Gasteiger charge is -2.28. The fourth-order valence-corrected chi connectivity index (χ4v) is 4.52. The first kappa shape index (κ1) is 18.6. The molecule has 1 aliphatic rings. The number of carboxylic acids is 1. The highest BCUT2D eigenvalue weighted by atomic mass is 32.1. The summed E-state index contributed by atoms with van der Waals surface area (Å²) >= 11 is 1.14.